The number of methoxy groups -OCH3 is 1. The van der Waals surface area contributed by atoms with E-state index < -0.39 is 0 Å². The Hall–Kier alpha value is -1.62. The highest BCUT2D eigenvalue weighted by atomic mass is 32.1. The number of ether oxygens (including phenoxy) is 1. The number of hydrogen-bond acceptors (Lipinski definition) is 5. The summed E-state index contributed by atoms with van der Waals surface area (Å²) >= 11 is 1.48. The maximum Gasteiger partial charge on any atom is 0.307 e. The summed E-state index contributed by atoms with van der Waals surface area (Å²) in [5, 5.41) is 2.27. The maximum atomic E-state index is 11.2. The van der Waals surface area contributed by atoms with Crippen molar-refractivity contribution in [1.82, 2.24) is 4.37 Å². The van der Waals surface area contributed by atoms with Gasteiger partial charge in [-0.2, -0.15) is 4.37 Å². The second-order valence-corrected chi connectivity index (χ2v) is 4.66. The summed E-state index contributed by atoms with van der Waals surface area (Å²) in [5.41, 5.74) is 1.01. The SMILES string of the molecule is CCN(CCC(=O)OC)c1snc2ccccc12. The van der Waals surface area contributed by atoms with E-state index in [4.69, 9.17) is 0 Å². The summed E-state index contributed by atoms with van der Waals surface area (Å²) in [5.74, 6) is -0.178. The zero-order valence-corrected chi connectivity index (χ0v) is 11.4. The molecule has 18 heavy (non-hydrogen) atoms. The van der Waals surface area contributed by atoms with E-state index in [1.54, 1.807) is 0 Å². The average molecular weight is 264 g/mol. The second-order valence-electron chi connectivity index (χ2n) is 3.91. The molecule has 0 aliphatic heterocycles. The summed E-state index contributed by atoms with van der Waals surface area (Å²) in [7, 11) is 1.42. The zero-order chi connectivity index (χ0) is 13.0. The number of hydrogen-bond donors (Lipinski definition) is 0. The van der Waals surface area contributed by atoms with E-state index in [0.29, 0.717) is 13.0 Å². The van der Waals surface area contributed by atoms with Crippen molar-refractivity contribution in [3.8, 4) is 0 Å². The molecule has 0 N–H and O–H groups in total. The van der Waals surface area contributed by atoms with E-state index in [0.717, 1.165) is 22.4 Å². The molecule has 5 heteroatoms. The Morgan fingerprint density at radius 1 is 1.44 bits per heavy atom. The fraction of sp³-hybridized carbons (Fsp3) is 0.385. The molecule has 1 aromatic carbocycles. The van der Waals surface area contributed by atoms with Crippen LogP contribution in [0.15, 0.2) is 24.3 Å². The third kappa shape index (κ3) is 2.61. The van der Waals surface area contributed by atoms with Gasteiger partial charge in [0, 0.05) is 18.5 Å². The van der Waals surface area contributed by atoms with Gasteiger partial charge in [-0.3, -0.25) is 4.79 Å². The van der Waals surface area contributed by atoms with E-state index in [2.05, 4.69) is 27.0 Å². The molecule has 0 spiro atoms. The lowest BCUT2D eigenvalue weighted by Gasteiger charge is -2.20. The molecule has 4 nitrogen and oxygen atoms in total. The van der Waals surface area contributed by atoms with Gasteiger partial charge in [-0.15, -0.1) is 0 Å². The van der Waals surface area contributed by atoms with Crippen LogP contribution in [0.4, 0.5) is 5.00 Å². The standard InChI is InChI=1S/C13H16N2O2S/c1-3-15(9-8-12(16)17-2)13-10-6-4-5-7-11(10)14-18-13/h4-7H,3,8-9H2,1-2H3. The van der Waals surface area contributed by atoms with E-state index in [9.17, 15) is 4.79 Å². The molecule has 0 saturated heterocycles. The summed E-state index contributed by atoms with van der Waals surface area (Å²) < 4.78 is 9.09. The number of carbonyl (C=O) groups excluding carboxylic acids is 1. The number of benzene rings is 1. The van der Waals surface area contributed by atoms with Crippen molar-refractivity contribution < 1.29 is 9.53 Å². The van der Waals surface area contributed by atoms with Gasteiger partial charge in [-0.1, -0.05) is 12.1 Å². The maximum absolute atomic E-state index is 11.2. The summed E-state index contributed by atoms with van der Waals surface area (Å²) in [6.45, 7) is 3.59. The fourth-order valence-electron chi connectivity index (χ4n) is 1.84. The molecule has 0 saturated carbocycles. The van der Waals surface area contributed by atoms with Crippen LogP contribution in [0, 0.1) is 0 Å². The predicted octanol–water partition coefficient (Wildman–Crippen LogP) is 2.69. The Labute approximate surface area is 110 Å². The summed E-state index contributed by atoms with van der Waals surface area (Å²) in [6.07, 6.45) is 0.399. The van der Waals surface area contributed by atoms with Crippen molar-refractivity contribution in [2.24, 2.45) is 0 Å². The van der Waals surface area contributed by atoms with E-state index in [-0.39, 0.29) is 5.97 Å². The quantitative estimate of drug-likeness (QED) is 0.779. The van der Waals surface area contributed by atoms with Crippen LogP contribution >= 0.6 is 11.5 Å². The Balaban J connectivity index is 2.19. The van der Waals surface area contributed by atoms with E-state index >= 15 is 0 Å². The molecule has 0 aliphatic rings. The molecule has 0 bridgehead atoms. The number of fused-ring (bicyclic) bond motifs is 1. The number of aromatic nitrogens is 1. The molecule has 0 unspecified atom stereocenters. The molecule has 0 amide bonds. The van der Waals surface area contributed by atoms with Crippen LogP contribution in [0.3, 0.4) is 0 Å². The molecular formula is C13H16N2O2S. The first-order chi connectivity index (χ1) is 8.76. The van der Waals surface area contributed by atoms with Gasteiger partial charge < -0.3 is 9.64 Å². The van der Waals surface area contributed by atoms with E-state index in [1.165, 1.54) is 18.6 Å². The molecule has 0 fully saturated rings. The number of rotatable bonds is 5. The van der Waals surface area contributed by atoms with Gasteiger partial charge in [-0.25, -0.2) is 0 Å². The Bertz CT molecular complexity index is 539. The minimum Gasteiger partial charge on any atom is -0.469 e. The van der Waals surface area contributed by atoms with Crippen LogP contribution in [0.2, 0.25) is 0 Å². The van der Waals surface area contributed by atoms with Crippen LogP contribution in [-0.2, 0) is 9.53 Å². The second kappa shape index (κ2) is 5.82. The zero-order valence-electron chi connectivity index (χ0n) is 10.5. The number of carbonyl (C=O) groups is 1. The molecule has 2 rings (SSSR count). The van der Waals surface area contributed by atoms with Crippen molar-refractivity contribution >= 4 is 33.4 Å². The Kier molecular flexibility index (Phi) is 4.15. The van der Waals surface area contributed by atoms with Crippen molar-refractivity contribution in [1.29, 1.82) is 0 Å². The Morgan fingerprint density at radius 3 is 2.94 bits per heavy atom. The molecule has 1 heterocycles. The average Bonchev–Trinajstić information content (AvgIpc) is 2.83. The lowest BCUT2D eigenvalue weighted by molar-refractivity contribution is -0.140. The van der Waals surface area contributed by atoms with Gasteiger partial charge in [0.2, 0.25) is 0 Å². The number of esters is 1. The summed E-state index contributed by atoms with van der Waals surface area (Å²) in [6, 6.07) is 8.06. The van der Waals surface area contributed by atoms with Gasteiger partial charge >= 0.3 is 5.97 Å². The van der Waals surface area contributed by atoms with Crippen molar-refractivity contribution in [2.75, 3.05) is 25.1 Å². The number of nitrogens with zero attached hydrogens (tertiary/aromatic N) is 2. The van der Waals surface area contributed by atoms with Crippen LogP contribution in [0.25, 0.3) is 10.9 Å². The highest BCUT2D eigenvalue weighted by molar-refractivity contribution is 7.11. The fourth-order valence-corrected chi connectivity index (χ4v) is 2.79. The third-order valence-corrected chi connectivity index (χ3v) is 3.79. The van der Waals surface area contributed by atoms with Crippen molar-refractivity contribution in [3.05, 3.63) is 24.3 Å². The van der Waals surface area contributed by atoms with Crippen LogP contribution < -0.4 is 4.90 Å². The first-order valence-electron chi connectivity index (χ1n) is 5.92. The lowest BCUT2D eigenvalue weighted by Crippen LogP contribution is -2.25. The highest BCUT2D eigenvalue weighted by Gasteiger charge is 2.13. The minimum absolute atomic E-state index is 0.178. The lowest BCUT2D eigenvalue weighted by atomic mass is 10.2. The van der Waals surface area contributed by atoms with Gasteiger partial charge in [0.1, 0.15) is 5.00 Å². The van der Waals surface area contributed by atoms with Crippen LogP contribution in [-0.4, -0.2) is 30.5 Å². The van der Waals surface area contributed by atoms with Gasteiger partial charge in [0.05, 0.1) is 19.0 Å². The predicted molar refractivity (Wildman–Crippen MR) is 74.1 cm³/mol. The Morgan fingerprint density at radius 2 is 2.22 bits per heavy atom. The van der Waals surface area contributed by atoms with E-state index in [1.807, 2.05) is 18.2 Å². The smallest absolute Gasteiger partial charge is 0.307 e. The molecule has 1 aromatic heterocycles. The van der Waals surface area contributed by atoms with Crippen LogP contribution in [0.1, 0.15) is 13.3 Å². The molecule has 96 valence electrons. The highest BCUT2D eigenvalue weighted by Crippen LogP contribution is 2.30. The normalized spacial score (nSPS) is 10.6. The summed E-state index contributed by atoms with van der Waals surface area (Å²) in [4.78, 5) is 13.4. The largest absolute Gasteiger partial charge is 0.469 e. The third-order valence-electron chi connectivity index (χ3n) is 2.85. The van der Waals surface area contributed by atoms with Crippen LogP contribution in [0.5, 0.6) is 0 Å². The molecule has 0 aliphatic carbocycles. The van der Waals surface area contributed by atoms with Gasteiger partial charge in [0.25, 0.3) is 0 Å². The molecule has 0 atom stereocenters. The monoisotopic (exact) mass is 264 g/mol. The van der Waals surface area contributed by atoms with Gasteiger partial charge in [0.15, 0.2) is 0 Å². The van der Waals surface area contributed by atoms with Gasteiger partial charge in [-0.05, 0) is 30.6 Å². The topological polar surface area (TPSA) is 42.4 Å². The van der Waals surface area contributed by atoms with Crippen molar-refractivity contribution in [3.63, 3.8) is 0 Å². The minimum atomic E-state index is -0.178. The number of anilines is 1. The van der Waals surface area contributed by atoms with Crippen molar-refractivity contribution in [2.45, 2.75) is 13.3 Å². The molecular weight excluding hydrogens is 248 g/mol. The first kappa shape index (κ1) is 12.8. The molecule has 0 radical (unpaired) electrons. The molecule has 2 aromatic rings. The first-order valence-corrected chi connectivity index (χ1v) is 6.69.